The normalized spacial score (nSPS) is 11.3. The number of hydrogen-bond acceptors (Lipinski definition) is 3. The number of hydrogen-bond donors (Lipinski definition) is 0. The molecule has 118 valence electrons. The molecule has 2 heterocycles. The van der Waals surface area contributed by atoms with Gasteiger partial charge in [0, 0.05) is 22.9 Å². The Bertz CT molecular complexity index is 1100. The van der Waals surface area contributed by atoms with E-state index in [1.54, 1.807) is 6.07 Å². The number of halogens is 1. The Labute approximate surface area is 143 Å². The maximum absolute atomic E-state index is 12.0. The molecule has 0 saturated carbocycles. The van der Waals surface area contributed by atoms with Gasteiger partial charge in [0.1, 0.15) is 0 Å². The fourth-order valence-corrected chi connectivity index (χ4v) is 3.26. The zero-order valence-corrected chi connectivity index (χ0v) is 14.0. The van der Waals surface area contributed by atoms with Crippen molar-refractivity contribution in [2.75, 3.05) is 0 Å². The van der Waals surface area contributed by atoms with Crippen LogP contribution < -0.4 is 0 Å². The fraction of sp³-hybridized carbons (Fsp3) is 0.105. The van der Waals surface area contributed by atoms with Gasteiger partial charge >= 0.3 is 0 Å². The Morgan fingerprint density at radius 3 is 2.58 bits per heavy atom. The van der Waals surface area contributed by atoms with Crippen molar-refractivity contribution >= 4 is 39.4 Å². The molecule has 0 bridgehead atoms. The van der Waals surface area contributed by atoms with Crippen LogP contribution in [0, 0.1) is 6.92 Å². The number of nitrogens with zero attached hydrogens (tertiary/aromatic N) is 3. The largest absolute Gasteiger partial charge is 0.273 e. The van der Waals surface area contributed by atoms with Crippen LogP contribution >= 0.6 is 11.6 Å². The van der Waals surface area contributed by atoms with E-state index in [0.29, 0.717) is 10.7 Å². The third-order valence-corrected chi connectivity index (χ3v) is 4.34. The summed E-state index contributed by atoms with van der Waals surface area (Å²) in [6, 6.07) is 15.6. The highest BCUT2D eigenvalue weighted by molar-refractivity contribution is 6.31. The van der Waals surface area contributed by atoms with Crippen molar-refractivity contribution in [1.29, 1.82) is 0 Å². The molecule has 0 fully saturated rings. The number of aryl methyl sites for hydroxylation is 1. The third kappa shape index (κ3) is 2.19. The summed E-state index contributed by atoms with van der Waals surface area (Å²) >= 11 is 6.22. The molecule has 0 aliphatic carbocycles. The van der Waals surface area contributed by atoms with Crippen LogP contribution in [0.25, 0.3) is 33.1 Å². The first kappa shape index (κ1) is 14.8. The van der Waals surface area contributed by atoms with Crippen molar-refractivity contribution < 1.29 is 4.79 Å². The molecule has 4 aromatic rings. The van der Waals surface area contributed by atoms with Crippen molar-refractivity contribution in [2.45, 2.75) is 13.8 Å². The third-order valence-electron chi connectivity index (χ3n) is 4.10. The molecule has 0 spiro atoms. The monoisotopic (exact) mass is 335 g/mol. The minimum absolute atomic E-state index is 0.159. The number of fused-ring (bicyclic) bond motifs is 2. The van der Waals surface area contributed by atoms with Gasteiger partial charge in [0.15, 0.2) is 5.65 Å². The Kier molecular flexibility index (Phi) is 3.36. The highest BCUT2D eigenvalue weighted by atomic mass is 35.5. The van der Waals surface area contributed by atoms with Crippen molar-refractivity contribution in [3.05, 3.63) is 59.2 Å². The molecule has 0 N–H and O–H groups in total. The van der Waals surface area contributed by atoms with E-state index < -0.39 is 0 Å². The van der Waals surface area contributed by atoms with Crippen LogP contribution in [0.5, 0.6) is 0 Å². The van der Waals surface area contributed by atoms with Gasteiger partial charge < -0.3 is 0 Å². The van der Waals surface area contributed by atoms with E-state index in [1.807, 2.05) is 49.4 Å². The Hall–Kier alpha value is -2.72. The molecule has 2 aromatic carbocycles. The van der Waals surface area contributed by atoms with Crippen molar-refractivity contribution in [3.63, 3.8) is 0 Å². The molecule has 0 unspecified atom stereocenters. The second-order valence-corrected chi connectivity index (χ2v) is 6.17. The first-order valence-corrected chi connectivity index (χ1v) is 7.99. The summed E-state index contributed by atoms with van der Waals surface area (Å²) < 4.78 is 1.37. The van der Waals surface area contributed by atoms with Gasteiger partial charge in [-0.1, -0.05) is 41.9 Å². The summed E-state index contributed by atoms with van der Waals surface area (Å²) in [5.41, 5.74) is 4.18. The summed E-state index contributed by atoms with van der Waals surface area (Å²) in [5.74, 6) is -0.159. The molecule has 0 atom stereocenters. The first-order valence-electron chi connectivity index (χ1n) is 7.61. The highest BCUT2D eigenvalue weighted by Gasteiger charge is 2.19. The number of pyridine rings is 1. The Balaban J connectivity index is 2.27. The summed E-state index contributed by atoms with van der Waals surface area (Å²) in [4.78, 5) is 16.6. The quantitative estimate of drug-likeness (QED) is 0.498. The lowest BCUT2D eigenvalue weighted by Gasteiger charge is -2.10. The van der Waals surface area contributed by atoms with Crippen molar-refractivity contribution in [3.8, 4) is 11.1 Å². The zero-order valence-electron chi connectivity index (χ0n) is 13.2. The van der Waals surface area contributed by atoms with Gasteiger partial charge in [0.25, 0.3) is 0 Å². The van der Waals surface area contributed by atoms with E-state index >= 15 is 0 Å². The molecule has 24 heavy (non-hydrogen) atoms. The minimum atomic E-state index is -0.159. The molecule has 5 heteroatoms. The number of carbonyl (C=O) groups is 1. The predicted molar refractivity (Wildman–Crippen MR) is 96.5 cm³/mol. The van der Waals surface area contributed by atoms with Crippen molar-refractivity contribution in [2.24, 2.45) is 0 Å². The maximum atomic E-state index is 12.0. The van der Waals surface area contributed by atoms with E-state index in [0.717, 1.165) is 33.1 Å². The number of rotatable bonds is 1. The molecule has 4 nitrogen and oxygen atoms in total. The van der Waals surface area contributed by atoms with E-state index in [-0.39, 0.29) is 5.91 Å². The number of benzene rings is 2. The molecule has 0 amide bonds. The first-order chi connectivity index (χ1) is 11.6. The molecule has 0 radical (unpaired) electrons. The predicted octanol–water partition coefficient (Wildman–Crippen LogP) is 4.87. The van der Waals surface area contributed by atoms with Gasteiger partial charge in [-0.2, -0.15) is 9.78 Å². The van der Waals surface area contributed by atoms with Crippen LogP contribution in [-0.4, -0.2) is 20.7 Å². The van der Waals surface area contributed by atoms with E-state index in [1.165, 1.54) is 11.6 Å². The molecule has 0 aliphatic heterocycles. The number of aromatic nitrogens is 3. The van der Waals surface area contributed by atoms with Crippen LogP contribution in [-0.2, 0) is 0 Å². The second-order valence-electron chi connectivity index (χ2n) is 5.73. The topological polar surface area (TPSA) is 47.8 Å². The van der Waals surface area contributed by atoms with Crippen LogP contribution in [0.2, 0.25) is 5.02 Å². The van der Waals surface area contributed by atoms with Crippen LogP contribution in [0.3, 0.4) is 0 Å². The van der Waals surface area contributed by atoms with E-state index in [4.69, 9.17) is 11.6 Å². The minimum Gasteiger partial charge on any atom is -0.273 e. The summed E-state index contributed by atoms with van der Waals surface area (Å²) in [6.07, 6.45) is 0. The Morgan fingerprint density at radius 2 is 1.88 bits per heavy atom. The van der Waals surface area contributed by atoms with E-state index in [9.17, 15) is 4.79 Å². The van der Waals surface area contributed by atoms with Gasteiger partial charge in [-0.3, -0.25) is 4.79 Å². The molecule has 0 saturated heterocycles. The van der Waals surface area contributed by atoms with Gasteiger partial charge in [-0.15, -0.1) is 0 Å². The van der Waals surface area contributed by atoms with Gasteiger partial charge in [0.2, 0.25) is 5.91 Å². The van der Waals surface area contributed by atoms with Gasteiger partial charge in [-0.25, -0.2) is 4.98 Å². The lowest BCUT2D eigenvalue weighted by atomic mass is 9.97. The molecule has 4 rings (SSSR count). The van der Waals surface area contributed by atoms with Crippen LogP contribution in [0.4, 0.5) is 0 Å². The number of carbonyl (C=O) groups excluding carboxylic acids is 1. The summed E-state index contributed by atoms with van der Waals surface area (Å²) in [6.45, 7) is 3.38. The van der Waals surface area contributed by atoms with Crippen molar-refractivity contribution in [1.82, 2.24) is 14.8 Å². The standard InChI is InChI=1S/C19H14ClN3O/c1-11-17-18(13-6-4-3-5-7-13)15-10-14(20)8-9-16(15)21-19(17)23(22-11)12(2)24/h3-10H,1-2H3. The van der Waals surface area contributed by atoms with Crippen LogP contribution in [0.1, 0.15) is 17.4 Å². The molecule has 2 aromatic heterocycles. The van der Waals surface area contributed by atoms with Gasteiger partial charge in [-0.05, 0) is 30.7 Å². The average Bonchev–Trinajstić information content (AvgIpc) is 2.90. The Morgan fingerprint density at radius 1 is 1.12 bits per heavy atom. The van der Waals surface area contributed by atoms with E-state index in [2.05, 4.69) is 10.1 Å². The van der Waals surface area contributed by atoms with Gasteiger partial charge in [0.05, 0.1) is 16.6 Å². The second kappa shape index (κ2) is 5.42. The molecule has 0 aliphatic rings. The smallest absolute Gasteiger partial charge is 0.245 e. The summed E-state index contributed by atoms with van der Waals surface area (Å²) in [5, 5.41) is 6.87. The maximum Gasteiger partial charge on any atom is 0.245 e. The fourth-order valence-electron chi connectivity index (χ4n) is 3.09. The molecular weight excluding hydrogens is 322 g/mol. The SMILES string of the molecule is CC(=O)n1nc(C)c2c(-c3ccccc3)c3cc(Cl)ccc3nc21. The zero-order chi connectivity index (χ0) is 16.8. The van der Waals surface area contributed by atoms with Crippen LogP contribution in [0.15, 0.2) is 48.5 Å². The molecular formula is C19H14ClN3O. The highest BCUT2D eigenvalue weighted by Crippen LogP contribution is 2.37. The lowest BCUT2D eigenvalue weighted by Crippen LogP contribution is -2.08. The average molecular weight is 336 g/mol. The lowest BCUT2D eigenvalue weighted by molar-refractivity contribution is 0.0925. The summed E-state index contributed by atoms with van der Waals surface area (Å²) in [7, 11) is 0.